The zero-order chi connectivity index (χ0) is 15.7. The number of ether oxygens (including phenoxy) is 1. The maximum absolute atomic E-state index is 11.6. The van der Waals surface area contributed by atoms with Crippen molar-refractivity contribution in [3.8, 4) is 5.75 Å². The van der Waals surface area contributed by atoms with Crippen molar-refractivity contribution < 1.29 is 9.53 Å². The van der Waals surface area contributed by atoms with Gasteiger partial charge < -0.3 is 9.53 Å². The first-order chi connectivity index (χ1) is 10.6. The minimum absolute atomic E-state index is 0.200. The van der Waals surface area contributed by atoms with E-state index in [0.29, 0.717) is 0 Å². The van der Waals surface area contributed by atoms with Crippen molar-refractivity contribution in [3.63, 3.8) is 0 Å². The Morgan fingerprint density at radius 2 is 2.05 bits per heavy atom. The number of fused-ring (bicyclic) bond motifs is 1. The number of rotatable bonds is 4. The van der Waals surface area contributed by atoms with Crippen LogP contribution in [0.2, 0.25) is 5.02 Å². The molecule has 0 N–H and O–H groups in total. The van der Waals surface area contributed by atoms with E-state index in [1.54, 1.807) is 7.11 Å². The predicted octanol–water partition coefficient (Wildman–Crippen LogP) is 3.91. The van der Waals surface area contributed by atoms with Crippen molar-refractivity contribution in [1.82, 2.24) is 4.90 Å². The van der Waals surface area contributed by atoms with Gasteiger partial charge in [0.15, 0.2) is 0 Å². The van der Waals surface area contributed by atoms with Crippen LogP contribution in [0.25, 0.3) is 0 Å². The second-order valence-corrected chi connectivity index (χ2v) is 6.07. The molecule has 1 unspecified atom stereocenters. The van der Waals surface area contributed by atoms with Crippen molar-refractivity contribution in [1.29, 1.82) is 0 Å². The first-order valence-electron chi connectivity index (χ1n) is 7.23. The normalized spacial score (nSPS) is 17.3. The lowest BCUT2D eigenvalue weighted by molar-refractivity contribution is -0.112. The molecule has 0 radical (unpaired) electrons. The number of methoxy groups -OCH3 is 1. The molecule has 0 fully saturated rings. The Morgan fingerprint density at radius 3 is 2.68 bits per heavy atom. The minimum Gasteiger partial charge on any atom is -0.497 e. The van der Waals surface area contributed by atoms with Gasteiger partial charge in [0.2, 0.25) is 0 Å². The van der Waals surface area contributed by atoms with Crippen molar-refractivity contribution in [2.45, 2.75) is 26.1 Å². The van der Waals surface area contributed by atoms with E-state index in [2.05, 4.69) is 4.90 Å². The molecule has 22 heavy (non-hydrogen) atoms. The predicted molar refractivity (Wildman–Crippen MR) is 87.2 cm³/mol. The molecule has 3 nitrogen and oxygen atoms in total. The molecular weight excluding hydrogens is 298 g/mol. The fraction of sp³-hybridized carbons (Fsp3) is 0.278. The van der Waals surface area contributed by atoms with E-state index in [-0.39, 0.29) is 6.04 Å². The number of carbonyl (C=O) groups excluding carboxylic acids is 1. The number of aldehydes is 1. The van der Waals surface area contributed by atoms with Gasteiger partial charge in [0.05, 0.1) is 13.2 Å². The first kappa shape index (κ1) is 15.1. The number of carbonyl (C=O) groups is 1. The highest BCUT2D eigenvalue weighted by molar-refractivity contribution is 6.30. The molecule has 1 aliphatic rings. The Balaban J connectivity index is 1.86. The molecule has 1 atom stereocenters. The maximum Gasteiger partial charge on any atom is 0.141 e. The minimum atomic E-state index is -0.200. The number of halogens is 1. The molecule has 2 aromatic carbocycles. The van der Waals surface area contributed by atoms with E-state index >= 15 is 0 Å². The summed E-state index contributed by atoms with van der Waals surface area (Å²) in [4.78, 5) is 13.8. The lowest BCUT2D eigenvalue weighted by atomic mass is 10.00. The molecule has 0 spiro atoms. The second kappa shape index (κ2) is 6.11. The smallest absolute Gasteiger partial charge is 0.141 e. The Labute approximate surface area is 135 Å². The second-order valence-electron chi connectivity index (χ2n) is 5.63. The number of aryl methyl sites for hydroxylation is 1. The van der Waals surface area contributed by atoms with Crippen LogP contribution in [0.3, 0.4) is 0 Å². The monoisotopic (exact) mass is 315 g/mol. The summed E-state index contributed by atoms with van der Waals surface area (Å²) in [6.07, 6.45) is 1.02. The molecule has 0 aromatic heterocycles. The van der Waals surface area contributed by atoms with Gasteiger partial charge in [-0.15, -0.1) is 0 Å². The number of benzene rings is 2. The third-order valence-corrected chi connectivity index (χ3v) is 4.39. The molecule has 0 saturated heterocycles. The average Bonchev–Trinajstić information content (AvgIpc) is 2.85. The van der Waals surface area contributed by atoms with Gasteiger partial charge in [0.25, 0.3) is 0 Å². The third kappa shape index (κ3) is 2.74. The van der Waals surface area contributed by atoms with Crippen LogP contribution in [0.1, 0.15) is 28.3 Å². The Bertz CT molecular complexity index is 697. The zero-order valence-corrected chi connectivity index (χ0v) is 13.4. The molecular formula is C18H18ClNO2. The molecule has 2 aromatic rings. The van der Waals surface area contributed by atoms with Crippen molar-refractivity contribution >= 4 is 17.9 Å². The fourth-order valence-electron chi connectivity index (χ4n) is 3.15. The summed E-state index contributed by atoms with van der Waals surface area (Å²) in [5.41, 5.74) is 4.49. The van der Waals surface area contributed by atoms with E-state index in [1.165, 1.54) is 0 Å². The zero-order valence-electron chi connectivity index (χ0n) is 12.7. The Hall–Kier alpha value is -1.84. The molecule has 0 saturated carbocycles. The maximum atomic E-state index is 11.6. The third-order valence-electron chi connectivity index (χ3n) is 4.17. The van der Waals surface area contributed by atoms with Crippen LogP contribution in [0.5, 0.6) is 5.75 Å². The van der Waals surface area contributed by atoms with E-state index < -0.39 is 0 Å². The number of nitrogens with zero attached hydrogens (tertiary/aromatic N) is 1. The van der Waals surface area contributed by atoms with E-state index in [1.807, 2.05) is 43.3 Å². The first-order valence-corrected chi connectivity index (χ1v) is 7.61. The van der Waals surface area contributed by atoms with Gasteiger partial charge in [-0.1, -0.05) is 23.7 Å². The van der Waals surface area contributed by atoms with Crippen molar-refractivity contribution in [3.05, 3.63) is 63.7 Å². The number of hydrogen-bond donors (Lipinski definition) is 0. The van der Waals surface area contributed by atoms with Crippen molar-refractivity contribution in [2.75, 3.05) is 7.11 Å². The number of hydrogen-bond acceptors (Lipinski definition) is 3. The Morgan fingerprint density at radius 1 is 1.32 bits per heavy atom. The standard InChI is InChI=1S/C18H18ClNO2/c1-12-7-15(19)8-14-10-20(17(11-21)18(12)14)9-13-3-5-16(22-2)6-4-13/h3-8,11,17H,9-10H2,1-2H3. The van der Waals surface area contributed by atoms with Gasteiger partial charge in [0.1, 0.15) is 12.0 Å². The van der Waals surface area contributed by atoms with Crippen LogP contribution in [0.15, 0.2) is 36.4 Å². The van der Waals surface area contributed by atoms with Gasteiger partial charge in [-0.2, -0.15) is 0 Å². The lowest BCUT2D eigenvalue weighted by Crippen LogP contribution is -2.22. The van der Waals surface area contributed by atoms with Gasteiger partial charge >= 0.3 is 0 Å². The largest absolute Gasteiger partial charge is 0.497 e. The summed E-state index contributed by atoms with van der Waals surface area (Å²) >= 11 is 6.14. The van der Waals surface area contributed by atoms with Gasteiger partial charge in [-0.3, -0.25) is 4.90 Å². The SMILES string of the molecule is COc1ccc(CN2Cc3cc(Cl)cc(C)c3C2C=O)cc1. The highest BCUT2D eigenvalue weighted by Gasteiger charge is 2.31. The molecule has 0 bridgehead atoms. The molecule has 0 amide bonds. The van der Waals surface area contributed by atoms with Gasteiger partial charge in [0, 0.05) is 18.1 Å². The van der Waals surface area contributed by atoms with Crippen LogP contribution >= 0.6 is 11.6 Å². The molecule has 1 aliphatic heterocycles. The highest BCUT2D eigenvalue weighted by atomic mass is 35.5. The quantitative estimate of drug-likeness (QED) is 0.801. The van der Waals surface area contributed by atoms with Gasteiger partial charge in [-0.25, -0.2) is 0 Å². The van der Waals surface area contributed by atoms with Crippen LogP contribution in [-0.4, -0.2) is 18.3 Å². The molecule has 4 heteroatoms. The summed E-state index contributed by atoms with van der Waals surface area (Å²) in [5, 5.41) is 0.729. The molecule has 0 aliphatic carbocycles. The summed E-state index contributed by atoms with van der Waals surface area (Å²) in [6.45, 7) is 3.48. The van der Waals surface area contributed by atoms with Crippen LogP contribution in [0, 0.1) is 6.92 Å². The molecule has 114 valence electrons. The van der Waals surface area contributed by atoms with Gasteiger partial charge in [-0.05, 0) is 53.4 Å². The Kier molecular flexibility index (Phi) is 4.19. The summed E-state index contributed by atoms with van der Waals surface area (Å²) in [7, 11) is 1.65. The average molecular weight is 316 g/mol. The summed E-state index contributed by atoms with van der Waals surface area (Å²) in [6, 6.07) is 11.6. The summed E-state index contributed by atoms with van der Waals surface area (Å²) < 4.78 is 5.18. The van der Waals surface area contributed by atoms with Crippen LogP contribution in [-0.2, 0) is 17.9 Å². The van der Waals surface area contributed by atoms with Crippen molar-refractivity contribution in [2.24, 2.45) is 0 Å². The highest BCUT2D eigenvalue weighted by Crippen LogP contribution is 2.37. The molecule has 3 rings (SSSR count). The van der Waals surface area contributed by atoms with E-state index in [4.69, 9.17) is 16.3 Å². The van der Waals surface area contributed by atoms with Crippen LogP contribution < -0.4 is 4.74 Å². The summed E-state index contributed by atoms with van der Waals surface area (Å²) in [5.74, 6) is 0.836. The van der Waals surface area contributed by atoms with Crippen LogP contribution in [0.4, 0.5) is 0 Å². The fourth-order valence-corrected chi connectivity index (χ4v) is 3.45. The molecule has 1 heterocycles. The van der Waals surface area contributed by atoms with E-state index in [9.17, 15) is 4.79 Å². The van der Waals surface area contributed by atoms with E-state index in [0.717, 1.165) is 52.4 Å². The topological polar surface area (TPSA) is 29.5 Å². The lowest BCUT2D eigenvalue weighted by Gasteiger charge is -2.21.